The molecular weight excluding hydrogens is 325 g/mol. The van der Waals surface area contributed by atoms with E-state index in [1.54, 1.807) is 5.43 Å². The normalized spacial score (nSPS) is 11.0. The number of hydrogen-bond donors (Lipinski definition) is 1. The molecule has 10 heteroatoms. The van der Waals surface area contributed by atoms with Gasteiger partial charge < -0.3 is 0 Å². The average molecular weight is 331 g/mol. The fourth-order valence-electron chi connectivity index (χ4n) is 1.59. The van der Waals surface area contributed by atoms with Gasteiger partial charge in [0.25, 0.3) is 5.69 Å². The summed E-state index contributed by atoms with van der Waals surface area (Å²) >= 11 is 0. The first kappa shape index (κ1) is 16.3. The third-order valence-electron chi connectivity index (χ3n) is 2.68. The van der Waals surface area contributed by atoms with E-state index in [0.717, 1.165) is 12.3 Å². The van der Waals surface area contributed by atoms with Gasteiger partial charge in [-0.15, -0.1) is 0 Å². The first-order valence-corrected chi connectivity index (χ1v) is 5.88. The Hall–Kier alpha value is -3.04. The van der Waals surface area contributed by atoms with Gasteiger partial charge in [-0.25, -0.2) is 22.0 Å². The molecule has 0 spiro atoms. The Bertz CT molecular complexity index is 781. The molecule has 0 aliphatic rings. The van der Waals surface area contributed by atoms with E-state index >= 15 is 0 Å². The van der Waals surface area contributed by atoms with Crippen molar-refractivity contribution < 1.29 is 26.9 Å². The van der Waals surface area contributed by atoms with Gasteiger partial charge in [-0.2, -0.15) is 5.10 Å². The van der Waals surface area contributed by atoms with E-state index in [-0.39, 0.29) is 11.3 Å². The lowest BCUT2D eigenvalue weighted by molar-refractivity contribution is -0.384. The quantitative estimate of drug-likeness (QED) is 0.232. The van der Waals surface area contributed by atoms with Crippen LogP contribution in [0.4, 0.5) is 33.3 Å². The lowest BCUT2D eigenvalue weighted by Gasteiger charge is -2.06. The van der Waals surface area contributed by atoms with Crippen LogP contribution < -0.4 is 5.43 Å². The SMILES string of the molecule is O=[N+]([O-])c1cccc(/C=N/Nc2c(F)c(F)c(F)c(F)c2F)c1. The fourth-order valence-corrected chi connectivity index (χ4v) is 1.59. The van der Waals surface area contributed by atoms with Gasteiger partial charge in [0.05, 0.1) is 11.1 Å². The lowest BCUT2D eigenvalue weighted by Crippen LogP contribution is -2.06. The molecule has 0 saturated carbocycles. The third-order valence-corrected chi connectivity index (χ3v) is 2.68. The monoisotopic (exact) mass is 331 g/mol. The smallest absolute Gasteiger partial charge is 0.270 e. The first-order valence-electron chi connectivity index (χ1n) is 5.88. The summed E-state index contributed by atoms with van der Waals surface area (Å²) in [5.74, 6) is -10.7. The zero-order valence-corrected chi connectivity index (χ0v) is 11.0. The molecule has 0 aliphatic carbocycles. The van der Waals surface area contributed by atoms with Gasteiger partial charge in [0, 0.05) is 17.7 Å². The van der Waals surface area contributed by atoms with Crippen molar-refractivity contribution >= 4 is 17.6 Å². The van der Waals surface area contributed by atoms with Gasteiger partial charge in [-0.05, 0) is 0 Å². The van der Waals surface area contributed by atoms with Crippen LogP contribution in [0.1, 0.15) is 5.56 Å². The molecule has 0 aromatic heterocycles. The highest BCUT2D eigenvalue weighted by molar-refractivity contribution is 5.81. The third kappa shape index (κ3) is 3.25. The molecule has 0 radical (unpaired) electrons. The highest BCUT2D eigenvalue weighted by Crippen LogP contribution is 2.27. The summed E-state index contributed by atoms with van der Waals surface area (Å²) in [5.41, 5.74) is 0.277. The number of nitro groups is 1. The Morgan fingerprint density at radius 3 is 2.13 bits per heavy atom. The summed E-state index contributed by atoms with van der Waals surface area (Å²) in [6, 6.07) is 5.02. The lowest BCUT2D eigenvalue weighted by atomic mass is 10.2. The number of anilines is 1. The van der Waals surface area contributed by atoms with E-state index in [2.05, 4.69) is 5.10 Å². The van der Waals surface area contributed by atoms with Gasteiger partial charge in [0.2, 0.25) is 5.82 Å². The van der Waals surface area contributed by atoms with Crippen molar-refractivity contribution in [3.05, 3.63) is 69.0 Å². The second kappa shape index (κ2) is 6.38. The van der Waals surface area contributed by atoms with Crippen LogP contribution in [0, 0.1) is 39.2 Å². The molecule has 2 rings (SSSR count). The van der Waals surface area contributed by atoms with Crippen molar-refractivity contribution in [2.24, 2.45) is 5.10 Å². The van der Waals surface area contributed by atoms with Crippen LogP contribution in [0.3, 0.4) is 0 Å². The molecule has 2 aromatic rings. The fraction of sp³-hybridized carbons (Fsp3) is 0. The molecule has 0 fully saturated rings. The average Bonchev–Trinajstić information content (AvgIpc) is 2.54. The summed E-state index contributed by atoms with van der Waals surface area (Å²) in [5, 5.41) is 13.9. The second-order valence-electron chi connectivity index (χ2n) is 4.17. The maximum Gasteiger partial charge on any atom is 0.270 e. The Balaban J connectivity index is 2.28. The minimum atomic E-state index is -2.28. The van der Waals surface area contributed by atoms with E-state index in [9.17, 15) is 32.1 Å². The first-order chi connectivity index (χ1) is 10.8. The van der Waals surface area contributed by atoms with Gasteiger partial charge in [0.15, 0.2) is 23.3 Å². The predicted octanol–water partition coefficient (Wildman–Crippen LogP) is 3.74. The molecule has 0 heterocycles. The van der Waals surface area contributed by atoms with Gasteiger partial charge in [-0.1, -0.05) is 12.1 Å². The van der Waals surface area contributed by atoms with Crippen LogP contribution in [-0.2, 0) is 0 Å². The van der Waals surface area contributed by atoms with Gasteiger partial charge in [0.1, 0.15) is 5.69 Å². The number of hydrazone groups is 1. The van der Waals surface area contributed by atoms with Crippen molar-refractivity contribution in [2.75, 3.05) is 5.43 Å². The van der Waals surface area contributed by atoms with Crippen molar-refractivity contribution in [3.8, 4) is 0 Å². The number of nitrogens with one attached hydrogen (secondary N) is 1. The van der Waals surface area contributed by atoms with Crippen molar-refractivity contribution in [1.29, 1.82) is 0 Å². The highest BCUT2D eigenvalue weighted by atomic mass is 19.2. The van der Waals surface area contributed by atoms with Crippen molar-refractivity contribution in [2.45, 2.75) is 0 Å². The van der Waals surface area contributed by atoms with Crippen LogP contribution in [0.25, 0.3) is 0 Å². The standard InChI is InChI=1S/C13H6F5N3O2/c14-8-9(15)11(17)13(12(18)10(8)16)20-19-5-6-2-1-3-7(4-6)21(22)23/h1-5,20H/b19-5+. The molecule has 0 aliphatic heterocycles. The molecule has 120 valence electrons. The van der Waals surface area contributed by atoms with Crippen LogP contribution in [0.15, 0.2) is 29.4 Å². The number of benzene rings is 2. The molecule has 0 saturated heterocycles. The molecule has 0 bridgehead atoms. The molecule has 0 amide bonds. The molecule has 2 aromatic carbocycles. The van der Waals surface area contributed by atoms with Gasteiger partial charge >= 0.3 is 0 Å². The maximum atomic E-state index is 13.4. The zero-order valence-electron chi connectivity index (χ0n) is 11.0. The molecule has 1 N–H and O–H groups in total. The molecule has 0 unspecified atom stereocenters. The minimum Gasteiger partial charge on any atom is -0.272 e. The predicted molar refractivity (Wildman–Crippen MR) is 70.5 cm³/mol. The number of nitro benzene ring substituents is 1. The Morgan fingerprint density at radius 1 is 1.00 bits per heavy atom. The number of halogens is 5. The summed E-state index contributed by atoms with van der Waals surface area (Å²) in [4.78, 5) is 9.90. The Kier molecular flexibility index (Phi) is 4.53. The Labute approximate surface area is 125 Å². The molecular formula is C13H6F5N3O2. The molecule has 23 heavy (non-hydrogen) atoms. The van der Waals surface area contributed by atoms with Crippen LogP contribution in [0.5, 0.6) is 0 Å². The zero-order chi connectivity index (χ0) is 17.1. The Morgan fingerprint density at radius 2 is 1.57 bits per heavy atom. The summed E-state index contributed by atoms with van der Waals surface area (Å²) in [7, 11) is 0. The maximum absolute atomic E-state index is 13.4. The summed E-state index contributed by atoms with van der Waals surface area (Å²) in [6.07, 6.45) is 0.922. The van der Waals surface area contributed by atoms with E-state index in [0.29, 0.717) is 0 Å². The van der Waals surface area contributed by atoms with Crippen LogP contribution in [0.2, 0.25) is 0 Å². The molecule has 5 nitrogen and oxygen atoms in total. The number of hydrogen-bond acceptors (Lipinski definition) is 4. The summed E-state index contributed by atoms with van der Waals surface area (Å²) in [6.45, 7) is 0. The van der Waals surface area contributed by atoms with Crippen LogP contribution in [-0.4, -0.2) is 11.1 Å². The second-order valence-corrected chi connectivity index (χ2v) is 4.17. The van der Waals surface area contributed by atoms with E-state index < -0.39 is 39.7 Å². The van der Waals surface area contributed by atoms with Crippen LogP contribution >= 0.6 is 0 Å². The largest absolute Gasteiger partial charge is 0.272 e. The number of non-ortho nitro benzene ring substituents is 1. The van der Waals surface area contributed by atoms with E-state index in [4.69, 9.17) is 0 Å². The molecule has 0 atom stereocenters. The minimum absolute atomic E-state index is 0.176. The highest BCUT2D eigenvalue weighted by Gasteiger charge is 2.25. The van der Waals surface area contributed by atoms with Crippen molar-refractivity contribution in [1.82, 2.24) is 0 Å². The van der Waals surface area contributed by atoms with Crippen molar-refractivity contribution in [3.63, 3.8) is 0 Å². The number of nitrogens with zero attached hydrogens (tertiary/aromatic N) is 2. The van der Waals surface area contributed by atoms with E-state index in [1.807, 2.05) is 0 Å². The van der Waals surface area contributed by atoms with E-state index in [1.165, 1.54) is 18.2 Å². The topological polar surface area (TPSA) is 67.5 Å². The number of rotatable bonds is 4. The summed E-state index contributed by atoms with van der Waals surface area (Å²) < 4.78 is 65.5. The van der Waals surface area contributed by atoms with Gasteiger partial charge in [-0.3, -0.25) is 15.5 Å².